The molecule has 1 aromatic carbocycles. The molecule has 0 aliphatic heterocycles. The molecule has 0 aromatic heterocycles. The number of fused-ring (bicyclic) bond motifs is 1. The first kappa shape index (κ1) is 23.5. The van der Waals surface area contributed by atoms with Gasteiger partial charge in [0.2, 0.25) is 0 Å². The van der Waals surface area contributed by atoms with E-state index in [2.05, 4.69) is 144 Å². The van der Waals surface area contributed by atoms with E-state index in [0.717, 1.165) is 37.4 Å². The second kappa shape index (κ2) is 10.9. The molecule has 146 valence electrons. The molecule has 8 unspecified atom stereocenters. The lowest BCUT2D eigenvalue weighted by Gasteiger charge is -2.40. The minimum Gasteiger partial charge on any atom is -0.0820 e. The molecule has 0 saturated heterocycles. The number of hydrogen-bond donors (Lipinski definition) is 0. The molecule has 0 amide bonds. The molecule has 1 saturated carbocycles. The van der Waals surface area contributed by atoms with Gasteiger partial charge in [0, 0.05) is 19.6 Å². The highest BCUT2D eigenvalue weighted by Gasteiger charge is 2.38. The van der Waals surface area contributed by atoms with E-state index < -0.39 is 0 Å². The zero-order chi connectivity index (χ0) is 18.8. The Morgan fingerprint density at radius 3 is 2.31 bits per heavy atom. The van der Waals surface area contributed by atoms with E-state index in [-0.39, 0.29) is 0 Å². The summed E-state index contributed by atoms with van der Waals surface area (Å²) in [6.45, 7) is 2.35. The van der Waals surface area contributed by atoms with Crippen molar-refractivity contribution in [3.63, 3.8) is 0 Å². The van der Waals surface area contributed by atoms with Gasteiger partial charge in [0.25, 0.3) is 0 Å². The van der Waals surface area contributed by atoms with Crippen LogP contribution in [0.3, 0.4) is 0 Å². The fraction of sp³-hybridized carbons (Fsp3) is 0.714. The molecule has 0 spiro atoms. The average Bonchev–Trinajstić information content (AvgIpc) is 2.65. The van der Waals surface area contributed by atoms with E-state index in [9.17, 15) is 0 Å². The Kier molecular flexibility index (Phi) is 9.91. The van der Waals surface area contributed by atoms with Crippen LogP contribution < -0.4 is 0 Å². The van der Waals surface area contributed by atoms with Crippen LogP contribution in [0.4, 0.5) is 0 Å². The van der Waals surface area contributed by atoms with Gasteiger partial charge >= 0.3 is 0 Å². The predicted molar refractivity (Wildman–Crippen MR) is 158 cm³/mol. The third kappa shape index (κ3) is 5.37. The van der Waals surface area contributed by atoms with Crippen LogP contribution >= 0.6 is 113 Å². The van der Waals surface area contributed by atoms with E-state index in [0.29, 0.717) is 0 Å². The Morgan fingerprint density at radius 1 is 0.923 bits per heavy atom. The van der Waals surface area contributed by atoms with Crippen LogP contribution in [0.5, 0.6) is 0 Å². The van der Waals surface area contributed by atoms with Crippen LogP contribution in [0.25, 0.3) is 0 Å². The summed E-state index contributed by atoms with van der Waals surface area (Å²) in [4.78, 5) is 0. The van der Waals surface area contributed by atoms with Crippen LogP contribution in [0.15, 0.2) is 24.3 Å². The Hall–Kier alpha value is 2.87. The van der Waals surface area contributed by atoms with E-state index in [4.69, 9.17) is 0 Å². The Labute approximate surface area is 227 Å². The lowest BCUT2D eigenvalue weighted by atomic mass is 9.72. The van der Waals surface area contributed by atoms with E-state index >= 15 is 0 Å². The molecule has 0 N–H and O–H groups in total. The molecule has 0 nitrogen and oxygen atoms in total. The molecule has 0 radical (unpaired) electrons. The Morgan fingerprint density at radius 2 is 1.62 bits per heavy atom. The van der Waals surface area contributed by atoms with Crippen molar-refractivity contribution >= 4 is 113 Å². The molecule has 0 heterocycles. The highest BCUT2D eigenvalue weighted by molar-refractivity contribution is 14.1. The third-order valence-electron chi connectivity index (χ3n) is 6.30. The highest BCUT2D eigenvalue weighted by Crippen LogP contribution is 2.49. The lowest BCUT2D eigenvalue weighted by Crippen LogP contribution is -2.36. The zero-order valence-electron chi connectivity index (χ0n) is 15.1. The summed E-state index contributed by atoms with van der Waals surface area (Å²) in [6, 6.07) is 9.41. The van der Waals surface area contributed by atoms with Crippen molar-refractivity contribution in [1.82, 2.24) is 0 Å². The van der Waals surface area contributed by atoms with Gasteiger partial charge in [0.05, 0.1) is 0 Å². The minimum absolute atomic E-state index is 0.750. The SMILES string of the molecule is CCC(I)C1CC(I)C(CCC2CCC(I)C(I)C2I)c2ccccc21. The van der Waals surface area contributed by atoms with Crippen LogP contribution in [-0.2, 0) is 0 Å². The van der Waals surface area contributed by atoms with Crippen molar-refractivity contribution in [2.75, 3.05) is 0 Å². The van der Waals surface area contributed by atoms with Gasteiger partial charge in [-0.1, -0.05) is 144 Å². The fourth-order valence-electron chi connectivity index (χ4n) is 4.73. The van der Waals surface area contributed by atoms with Gasteiger partial charge in [-0.25, -0.2) is 0 Å². The van der Waals surface area contributed by atoms with Gasteiger partial charge in [-0.15, -0.1) is 0 Å². The number of hydrogen-bond acceptors (Lipinski definition) is 0. The average molecular weight is 914 g/mol. The number of halogens is 5. The maximum atomic E-state index is 2.78. The summed E-state index contributed by atoms with van der Waals surface area (Å²) >= 11 is 13.6. The zero-order valence-corrected chi connectivity index (χ0v) is 25.8. The van der Waals surface area contributed by atoms with Crippen LogP contribution in [0.2, 0.25) is 0 Å². The Balaban J connectivity index is 1.73. The molecule has 26 heavy (non-hydrogen) atoms. The molecule has 5 heteroatoms. The number of rotatable bonds is 5. The maximum Gasteiger partial charge on any atom is 0.0348 e. The first-order chi connectivity index (χ1) is 12.4. The molecule has 8 atom stereocenters. The van der Waals surface area contributed by atoms with Crippen molar-refractivity contribution in [1.29, 1.82) is 0 Å². The van der Waals surface area contributed by atoms with E-state index in [1.165, 1.54) is 38.5 Å². The van der Waals surface area contributed by atoms with E-state index in [1.54, 1.807) is 11.1 Å². The quantitative estimate of drug-likeness (QED) is 0.205. The van der Waals surface area contributed by atoms with Crippen molar-refractivity contribution < 1.29 is 0 Å². The van der Waals surface area contributed by atoms with Gasteiger partial charge in [0.1, 0.15) is 0 Å². The smallest absolute Gasteiger partial charge is 0.0348 e. The summed E-state index contributed by atoms with van der Waals surface area (Å²) in [5.74, 6) is 2.43. The minimum atomic E-state index is 0.750. The maximum absolute atomic E-state index is 2.78. The van der Waals surface area contributed by atoms with Gasteiger partial charge in [-0.05, 0) is 67.4 Å². The fourth-order valence-corrected chi connectivity index (χ4v) is 10.5. The second-order valence-electron chi connectivity index (χ2n) is 7.84. The Bertz CT molecular complexity index is 592. The van der Waals surface area contributed by atoms with Crippen molar-refractivity contribution in [2.45, 2.75) is 76.9 Å². The summed E-state index contributed by atoms with van der Waals surface area (Å²) in [5, 5.41) is 0. The normalized spacial score (nSPS) is 38.6. The summed E-state index contributed by atoms with van der Waals surface area (Å²) in [7, 11) is 0. The second-order valence-corrected chi connectivity index (χ2v) is 15.5. The summed E-state index contributed by atoms with van der Waals surface area (Å²) in [6.07, 6.45) is 8.31. The largest absolute Gasteiger partial charge is 0.0820 e. The summed E-state index contributed by atoms with van der Waals surface area (Å²) in [5.41, 5.74) is 3.34. The van der Waals surface area contributed by atoms with Crippen LogP contribution in [0, 0.1) is 5.92 Å². The van der Waals surface area contributed by atoms with Crippen molar-refractivity contribution in [2.24, 2.45) is 5.92 Å². The highest BCUT2D eigenvalue weighted by atomic mass is 127. The number of alkyl halides is 5. The standard InChI is InChI=1S/C21H27I5/c1-2-17(22)16-11-19(24)15(13-5-3-4-6-14(13)16)9-7-12-8-10-18(23)21(26)20(12)25/h3-6,12,15-21H,2,7-11H2,1H3. The van der Waals surface area contributed by atoms with Crippen molar-refractivity contribution in [3.05, 3.63) is 35.4 Å². The van der Waals surface area contributed by atoms with Crippen LogP contribution in [0.1, 0.15) is 68.4 Å². The predicted octanol–water partition coefficient (Wildman–Crippen LogP) is 8.88. The summed E-state index contributed by atoms with van der Waals surface area (Å²) < 4.78 is 4.12. The van der Waals surface area contributed by atoms with Crippen molar-refractivity contribution in [3.8, 4) is 0 Å². The third-order valence-corrected chi connectivity index (χ3v) is 17.0. The van der Waals surface area contributed by atoms with Gasteiger partial charge < -0.3 is 0 Å². The molecule has 0 bridgehead atoms. The molecule has 2 aliphatic carbocycles. The van der Waals surface area contributed by atoms with Gasteiger partial charge in [-0.2, -0.15) is 0 Å². The first-order valence-electron chi connectivity index (χ1n) is 9.73. The first-order valence-corrected chi connectivity index (χ1v) is 16.0. The van der Waals surface area contributed by atoms with Gasteiger partial charge in [0.15, 0.2) is 0 Å². The topological polar surface area (TPSA) is 0 Å². The van der Waals surface area contributed by atoms with Crippen LogP contribution in [-0.4, -0.2) is 19.6 Å². The molecule has 3 rings (SSSR count). The molecule has 1 aromatic rings. The molecular weight excluding hydrogens is 887 g/mol. The number of benzene rings is 1. The van der Waals surface area contributed by atoms with Gasteiger partial charge in [-0.3, -0.25) is 0 Å². The molecule has 2 aliphatic rings. The lowest BCUT2D eigenvalue weighted by molar-refractivity contribution is 0.353. The van der Waals surface area contributed by atoms with E-state index in [1.807, 2.05) is 0 Å². The monoisotopic (exact) mass is 914 g/mol. The molecule has 1 fully saturated rings. The molecular formula is C21H27I5.